The van der Waals surface area contributed by atoms with Crippen molar-refractivity contribution in [2.75, 3.05) is 20.3 Å². The highest BCUT2D eigenvalue weighted by atomic mass is 16.5. The number of carbonyl (C=O) groups excluding carboxylic acids is 1. The number of hydrogen-bond donors (Lipinski definition) is 1. The molecule has 0 aliphatic heterocycles. The van der Waals surface area contributed by atoms with Crippen molar-refractivity contribution in [3.05, 3.63) is 0 Å². The molecule has 0 heterocycles. The molecular formula is C13H25NO3. The van der Waals surface area contributed by atoms with E-state index >= 15 is 0 Å². The van der Waals surface area contributed by atoms with Crippen molar-refractivity contribution in [2.24, 2.45) is 11.7 Å². The smallest absolute Gasteiger partial charge is 0.325 e. The Hall–Kier alpha value is -0.610. The first kappa shape index (κ1) is 14.5. The van der Waals surface area contributed by atoms with Crippen molar-refractivity contribution in [3.8, 4) is 0 Å². The topological polar surface area (TPSA) is 61.5 Å². The molecule has 0 bridgehead atoms. The van der Waals surface area contributed by atoms with Gasteiger partial charge in [-0.15, -0.1) is 0 Å². The van der Waals surface area contributed by atoms with Gasteiger partial charge in [0.1, 0.15) is 5.54 Å². The van der Waals surface area contributed by atoms with E-state index in [1.807, 2.05) is 0 Å². The van der Waals surface area contributed by atoms with Crippen LogP contribution in [0.25, 0.3) is 0 Å². The quantitative estimate of drug-likeness (QED) is 0.547. The molecule has 1 saturated carbocycles. The molecule has 4 nitrogen and oxygen atoms in total. The van der Waals surface area contributed by atoms with Crippen LogP contribution in [0, 0.1) is 5.92 Å². The number of nitrogens with two attached hydrogens (primary N) is 1. The molecule has 0 spiro atoms. The maximum Gasteiger partial charge on any atom is 0.325 e. The predicted molar refractivity (Wildman–Crippen MR) is 66.6 cm³/mol. The highest BCUT2D eigenvalue weighted by Crippen LogP contribution is 2.24. The SMILES string of the molecule is COC(=O)C(C)(N)CCCOCC1CCCC1. The van der Waals surface area contributed by atoms with Crippen molar-refractivity contribution < 1.29 is 14.3 Å². The molecule has 0 radical (unpaired) electrons. The molecule has 0 aromatic rings. The normalized spacial score (nSPS) is 20.2. The predicted octanol–water partition coefficient (Wildman–Crippen LogP) is 1.86. The van der Waals surface area contributed by atoms with Crippen molar-refractivity contribution in [1.29, 1.82) is 0 Å². The van der Waals surface area contributed by atoms with Gasteiger partial charge in [0.2, 0.25) is 0 Å². The van der Waals surface area contributed by atoms with Crippen LogP contribution in [0.4, 0.5) is 0 Å². The van der Waals surface area contributed by atoms with E-state index in [1.165, 1.54) is 32.8 Å². The van der Waals surface area contributed by atoms with Crippen LogP contribution in [0.2, 0.25) is 0 Å². The standard InChI is InChI=1S/C13H25NO3/c1-13(14,12(15)16-2)8-5-9-17-10-11-6-3-4-7-11/h11H,3-10,14H2,1-2H3. The third-order valence-corrected chi connectivity index (χ3v) is 3.46. The minimum atomic E-state index is -0.883. The summed E-state index contributed by atoms with van der Waals surface area (Å²) in [6, 6.07) is 0. The Bertz CT molecular complexity index is 235. The zero-order chi connectivity index (χ0) is 12.7. The number of esters is 1. The van der Waals surface area contributed by atoms with Crippen molar-refractivity contribution >= 4 is 5.97 Å². The van der Waals surface area contributed by atoms with Crippen LogP contribution in [-0.4, -0.2) is 31.8 Å². The van der Waals surface area contributed by atoms with Gasteiger partial charge >= 0.3 is 5.97 Å². The molecule has 100 valence electrons. The minimum absolute atomic E-state index is 0.353. The fourth-order valence-electron chi connectivity index (χ4n) is 2.30. The van der Waals surface area contributed by atoms with Gasteiger partial charge in [-0.2, -0.15) is 0 Å². The fourth-order valence-corrected chi connectivity index (χ4v) is 2.30. The van der Waals surface area contributed by atoms with Gasteiger partial charge < -0.3 is 15.2 Å². The largest absolute Gasteiger partial charge is 0.468 e. The molecule has 4 heteroatoms. The molecule has 1 atom stereocenters. The van der Waals surface area contributed by atoms with Crippen molar-refractivity contribution in [1.82, 2.24) is 0 Å². The summed E-state index contributed by atoms with van der Waals surface area (Å²) >= 11 is 0. The Morgan fingerprint density at radius 3 is 2.65 bits per heavy atom. The molecular weight excluding hydrogens is 218 g/mol. The summed E-state index contributed by atoms with van der Waals surface area (Å²) in [7, 11) is 1.37. The van der Waals surface area contributed by atoms with Gasteiger partial charge in [0.05, 0.1) is 7.11 Å². The number of rotatable bonds is 7. The Labute approximate surface area is 104 Å². The Balaban J connectivity index is 2.04. The van der Waals surface area contributed by atoms with Gasteiger partial charge in [-0.25, -0.2) is 0 Å². The monoisotopic (exact) mass is 243 g/mol. The summed E-state index contributed by atoms with van der Waals surface area (Å²) < 4.78 is 10.3. The Morgan fingerprint density at radius 1 is 1.41 bits per heavy atom. The lowest BCUT2D eigenvalue weighted by Crippen LogP contribution is -2.45. The second-order valence-electron chi connectivity index (χ2n) is 5.24. The molecule has 0 aromatic heterocycles. The summed E-state index contributed by atoms with van der Waals surface area (Å²) in [4.78, 5) is 11.3. The maximum atomic E-state index is 11.3. The fraction of sp³-hybridized carbons (Fsp3) is 0.923. The highest BCUT2D eigenvalue weighted by Gasteiger charge is 2.28. The van der Waals surface area contributed by atoms with E-state index in [0.29, 0.717) is 13.0 Å². The maximum absolute atomic E-state index is 11.3. The first-order valence-corrected chi connectivity index (χ1v) is 6.51. The molecule has 1 aliphatic carbocycles. The van der Waals surface area contributed by atoms with Crippen LogP contribution in [0.15, 0.2) is 0 Å². The van der Waals surface area contributed by atoms with Crippen molar-refractivity contribution in [2.45, 2.75) is 51.0 Å². The molecule has 17 heavy (non-hydrogen) atoms. The van der Waals surface area contributed by atoms with Crippen LogP contribution >= 0.6 is 0 Å². The van der Waals surface area contributed by atoms with Gasteiger partial charge in [0.15, 0.2) is 0 Å². The number of ether oxygens (including phenoxy) is 2. The second kappa shape index (κ2) is 6.97. The lowest BCUT2D eigenvalue weighted by atomic mass is 9.98. The lowest BCUT2D eigenvalue weighted by molar-refractivity contribution is -0.146. The van der Waals surface area contributed by atoms with Gasteiger partial charge in [-0.3, -0.25) is 4.79 Å². The van der Waals surface area contributed by atoms with Gasteiger partial charge in [-0.1, -0.05) is 12.8 Å². The number of carbonyl (C=O) groups is 1. The summed E-state index contributed by atoms with van der Waals surface area (Å²) in [5.41, 5.74) is 4.96. The second-order valence-corrected chi connectivity index (χ2v) is 5.24. The van der Waals surface area contributed by atoms with E-state index in [2.05, 4.69) is 4.74 Å². The van der Waals surface area contributed by atoms with E-state index in [1.54, 1.807) is 6.92 Å². The molecule has 2 N–H and O–H groups in total. The van der Waals surface area contributed by atoms with Gasteiger partial charge in [0, 0.05) is 13.2 Å². The molecule has 1 rings (SSSR count). The van der Waals surface area contributed by atoms with Crippen LogP contribution in [0.3, 0.4) is 0 Å². The zero-order valence-corrected chi connectivity index (χ0v) is 11.0. The summed E-state index contributed by atoms with van der Waals surface area (Å²) in [5.74, 6) is 0.396. The van der Waals surface area contributed by atoms with E-state index in [4.69, 9.17) is 10.5 Å². The van der Waals surface area contributed by atoms with E-state index < -0.39 is 5.54 Å². The number of methoxy groups -OCH3 is 1. The average molecular weight is 243 g/mol. The van der Waals surface area contributed by atoms with E-state index in [9.17, 15) is 4.79 Å². The number of hydrogen-bond acceptors (Lipinski definition) is 4. The first-order valence-electron chi connectivity index (χ1n) is 6.51. The molecule has 1 aliphatic rings. The van der Waals surface area contributed by atoms with E-state index in [0.717, 1.165) is 18.9 Å². The van der Waals surface area contributed by atoms with Crippen LogP contribution < -0.4 is 5.73 Å². The molecule has 1 fully saturated rings. The summed E-state index contributed by atoms with van der Waals surface area (Å²) in [5, 5.41) is 0. The third kappa shape index (κ3) is 5.04. The van der Waals surface area contributed by atoms with Crippen LogP contribution in [0.1, 0.15) is 45.4 Å². The Morgan fingerprint density at radius 2 is 2.06 bits per heavy atom. The summed E-state index contributed by atoms with van der Waals surface area (Å²) in [6.07, 6.45) is 6.70. The first-order chi connectivity index (χ1) is 8.06. The molecule has 0 saturated heterocycles. The molecule has 1 unspecified atom stereocenters. The highest BCUT2D eigenvalue weighted by molar-refractivity contribution is 5.79. The summed E-state index contributed by atoms with van der Waals surface area (Å²) in [6.45, 7) is 3.25. The molecule has 0 aromatic carbocycles. The third-order valence-electron chi connectivity index (χ3n) is 3.46. The average Bonchev–Trinajstić information content (AvgIpc) is 2.80. The molecule has 0 amide bonds. The van der Waals surface area contributed by atoms with E-state index in [-0.39, 0.29) is 5.97 Å². The van der Waals surface area contributed by atoms with Gasteiger partial charge in [0.25, 0.3) is 0 Å². The lowest BCUT2D eigenvalue weighted by Gasteiger charge is -2.21. The minimum Gasteiger partial charge on any atom is -0.468 e. The van der Waals surface area contributed by atoms with Crippen LogP contribution in [-0.2, 0) is 14.3 Å². The van der Waals surface area contributed by atoms with Crippen molar-refractivity contribution in [3.63, 3.8) is 0 Å². The van der Waals surface area contributed by atoms with Crippen LogP contribution in [0.5, 0.6) is 0 Å². The van der Waals surface area contributed by atoms with Gasteiger partial charge in [-0.05, 0) is 38.5 Å². The zero-order valence-electron chi connectivity index (χ0n) is 11.0. The Kier molecular flexibility index (Phi) is 5.92.